The van der Waals surface area contributed by atoms with Gasteiger partial charge in [0.15, 0.2) is 0 Å². The van der Waals surface area contributed by atoms with Crippen molar-refractivity contribution in [2.45, 2.75) is 0 Å². The monoisotopic (exact) mass is 295 g/mol. The van der Waals surface area contributed by atoms with E-state index in [0.717, 1.165) is 28.3 Å². The Bertz CT molecular complexity index is 668. The molecule has 0 heterocycles. The number of ether oxygens (including phenoxy) is 2. The Balaban J connectivity index is 2.36. The molecule has 0 spiro atoms. The number of hydrogen-bond acceptors (Lipinski definition) is 5. The van der Waals surface area contributed by atoms with Gasteiger partial charge in [-0.05, 0) is 41.5 Å². The number of hydrazine groups is 1. The highest BCUT2D eigenvalue weighted by atomic mass is 16.5. The van der Waals surface area contributed by atoms with Gasteiger partial charge in [-0.3, -0.25) is 5.01 Å². The second kappa shape index (κ2) is 6.91. The number of rotatable bonds is 5. The van der Waals surface area contributed by atoms with Crippen molar-refractivity contribution in [3.05, 3.63) is 54.3 Å². The van der Waals surface area contributed by atoms with Gasteiger partial charge in [-0.2, -0.15) is 0 Å². The predicted octanol–water partition coefficient (Wildman–Crippen LogP) is 1.98. The van der Waals surface area contributed by atoms with Crippen molar-refractivity contribution in [3.63, 3.8) is 0 Å². The van der Waals surface area contributed by atoms with Crippen LogP contribution in [0.3, 0.4) is 0 Å². The third-order valence-electron chi connectivity index (χ3n) is 3.17. The molecule has 4 N–H and O–H groups in total. The molecule has 0 saturated carbocycles. The van der Waals surface area contributed by atoms with E-state index in [9.17, 15) is 0 Å². The minimum atomic E-state index is 0.140. The van der Waals surface area contributed by atoms with E-state index in [1.54, 1.807) is 14.2 Å². The average Bonchev–Trinajstić information content (AvgIpc) is 2.53. The molecule has 5 nitrogen and oxygen atoms in total. The SMILES string of the molecule is [B]/C(N)=C/N(N)c1ccc(-c2cc(OC)ccc2OC)cc1. The Morgan fingerprint density at radius 1 is 1.09 bits per heavy atom. The van der Waals surface area contributed by atoms with Gasteiger partial charge in [0.1, 0.15) is 19.3 Å². The second-order valence-corrected chi connectivity index (χ2v) is 4.65. The van der Waals surface area contributed by atoms with E-state index in [1.165, 1.54) is 11.2 Å². The largest absolute Gasteiger partial charge is 0.497 e. The van der Waals surface area contributed by atoms with Crippen molar-refractivity contribution in [3.8, 4) is 22.6 Å². The quantitative estimate of drug-likeness (QED) is 0.501. The zero-order chi connectivity index (χ0) is 16.1. The molecule has 0 unspecified atom stereocenters. The van der Waals surface area contributed by atoms with E-state index in [-0.39, 0.29) is 5.60 Å². The molecule has 22 heavy (non-hydrogen) atoms. The summed E-state index contributed by atoms with van der Waals surface area (Å²) in [5.74, 6) is 7.37. The number of benzene rings is 2. The molecule has 0 aliphatic heterocycles. The standard InChI is InChI=1S/C16H18BN3O2/c1-21-13-7-8-15(22-2)14(9-13)11-3-5-12(6-4-11)20(19)10-16(17)18/h3-10H,18-19H2,1-2H3/b16-10-. The summed E-state index contributed by atoms with van der Waals surface area (Å²) in [5, 5.41) is 1.36. The summed E-state index contributed by atoms with van der Waals surface area (Å²) in [6.45, 7) is 0. The molecule has 2 aromatic rings. The lowest BCUT2D eigenvalue weighted by molar-refractivity contribution is 0.404. The van der Waals surface area contributed by atoms with Crippen LogP contribution in [0.2, 0.25) is 0 Å². The summed E-state index contributed by atoms with van der Waals surface area (Å²) in [6.07, 6.45) is 1.45. The van der Waals surface area contributed by atoms with Crippen LogP contribution < -0.4 is 26.1 Å². The molecule has 0 atom stereocenters. The van der Waals surface area contributed by atoms with Crippen LogP contribution in [0, 0.1) is 0 Å². The lowest BCUT2D eigenvalue weighted by Gasteiger charge is -2.16. The lowest BCUT2D eigenvalue weighted by atomic mass is 10.0. The fraction of sp³-hybridized carbons (Fsp3) is 0.125. The molecule has 0 fully saturated rings. The van der Waals surface area contributed by atoms with Crippen molar-refractivity contribution < 1.29 is 9.47 Å². The number of nitrogens with two attached hydrogens (primary N) is 2. The molecular weight excluding hydrogens is 277 g/mol. The van der Waals surface area contributed by atoms with Gasteiger partial charge in [-0.1, -0.05) is 12.1 Å². The van der Waals surface area contributed by atoms with Crippen LogP contribution in [-0.2, 0) is 0 Å². The second-order valence-electron chi connectivity index (χ2n) is 4.65. The first-order valence-corrected chi connectivity index (χ1v) is 6.64. The Kier molecular flexibility index (Phi) is 4.96. The van der Waals surface area contributed by atoms with E-state index in [2.05, 4.69) is 0 Å². The minimum Gasteiger partial charge on any atom is -0.497 e. The molecule has 0 amide bonds. The van der Waals surface area contributed by atoms with Crippen molar-refractivity contribution in [1.82, 2.24) is 0 Å². The summed E-state index contributed by atoms with van der Waals surface area (Å²) in [7, 11) is 8.67. The summed E-state index contributed by atoms with van der Waals surface area (Å²) in [4.78, 5) is 0. The van der Waals surface area contributed by atoms with Crippen molar-refractivity contribution in [2.75, 3.05) is 19.2 Å². The molecule has 2 radical (unpaired) electrons. The maximum Gasteiger partial charge on any atom is 0.139 e. The summed E-state index contributed by atoms with van der Waals surface area (Å²) in [6, 6.07) is 13.3. The molecule has 0 bridgehead atoms. The summed E-state index contributed by atoms with van der Waals surface area (Å²) >= 11 is 0. The van der Waals surface area contributed by atoms with E-state index in [1.807, 2.05) is 42.5 Å². The normalized spacial score (nSPS) is 11.1. The van der Waals surface area contributed by atoms with Crippen molar-refractivity contribution >= 4 is 13.5 Å². The molecule has 2 rings (SSSR count). The first kappa shape index (κ1) is 15.8. The Hall–Kier alpha value is -2.60. The first-order valence-electron chi connectivity index (χ1n) is 6.64. The molecule has 0 aliphatic carbocycles. The van der Waals surface area contributed by atoms with E-state index >= 15 is 0 Å². The molecule has 0 aliphatic rings. The highest BCUT2D eigenvalue weighted by Crippen LogP contribution is 2.34. The third-order valence-corrected chi connectivity index (χ3v) is 3.17. The van der Waals surface area contributed by atoms with Gasteiger partial charge >= 0.3 is 0 Å². The fourth-order valence-corrected chi connectivity index (χ4v) is 2.09. The van der Waals surface area contributed by atoms with Crippen molar-refractivity contribution in [2.24, 2.45) is 11.6 Å². The molecule has 112 valence electrons. The van der Waals surface area contributed by atoms with Gasteiger partial charge in [0.25, 0.3) is 0 Å². The zero-order valence-electron chi connectivity index (χ0n) is 12.6. The topological polar surface area (TPSA) is 73.7 Å². The molecular formula is C16H18BN3O2. The maximum atomic E-state index is 5.84. The van der Waals surface area contributed by atoms with Crippen molar-refractivity contribution in [1.29, 1.82) is 0 Å². The summed E-state index contributed by atoms with van der Waals surface area (Å²) < 4.78 is 10.7. The average molecular weight is 295 g/mol. The number of anilines is 1. The van der Waals surface area contributed by atoms with Crippen LogP contribution in [0.5, 0.6) is 11.5 Å². The fourth-order valence-electron chi connectivity index (χ4n) is 2.09. The number of methoxy groups -OCH3 is 2. The molecule has 0 aromatic heterocycles. The number of nitrogens with zero attached hydrogens (tertiary/aromatic N) is 1. The van der Waals surface area contributed by atoms with Crippen LogP contribution in [0.15, 0.2) is 54.3 Å². The lowest BCUT2D eigenvalue weighted by Crippen LogP contribution is -2.25. The first-order chi connectivity index (χ1) is 10.5. The van der Waals surface area contributed by atoms with Crippen LogP contribution in [0.4, 0.5) is 5.69 Å². The molecule has 0 saturated heterocycles. The molecule has 6 heteroatoms. The van der Waals surface area contributed by atoms with Gasteiger partial charge < -0.3 is 15.2 Å². The Morgan fingerprint density at radius 2 is 1.77 bits per heavy atom. The van der Waals surface area contributed by atoms with Gasteiger partial charge in [-0.15, -0.1) is 0 Å². The van der Waals surface area contributed by atoms with E-state index in [4.69, 9.17) is 28.9 Å². The Labute approximate surface area is 131 Å². The van der Waals surface area contributed by atoms with Gasteiger partial charge in [0, 0.05) is 11.8 Å². The smallest absolute Gasteiger partial charge is 0.139 e. The highest BCUT2D eigenvalue weighted by molar-refractivity contribution is 6.21. The third kappa shape index (κ3) is 3.53. The zero-order valence-corrected chi connectivity index (χ0v) is 12.6. The maximum absolute atomic E-state index is 5.84. The number of hydrogen-bond donors (Lipinski definition) is 2. The minimum absolute atomic E-state index is 0.140. The van der Waals surface area contributed by atoms with E-state index in [0.29, 0.717) is 0 Å². The van der Waals surface area contributed by atoms with Crippen LogP contribution >= 0.6 is 0 Å². The van der Waals surface area contributed by atoms with Crippen LogP contribution in [0.1, 0.15) is 0 Å². The highest BCUT2D eigenvalue weighted by Gasteiger charge is 2.08. The Morgan fingerprint density at radius 3 is 2.32 bits per heavy atom. The van der Waals surface area contributed by atoms with Crippen LogP contribution in [0.25, 0.3) is 11.1 Å². The van der Waals surface area contributed by atoms with Gasteiger partial charge in [0.2, 0.25) is 0 Å². The van der Waals surface area contributed by atoms with Gasteiger partial charge in [-0.25, -0.2) is 5.84 Å². The van der Waals surface area contributed by atoms with E-state index < -0.39 is 0 Å². The predicted molar refractivity (Wildman–Crippen MR) is 89.7 cm³/mol. The summed E-state index contributed by atoms with van der Waals surface area (Å²) in [5.41, 5.74) is 8.23. The molecule has 2 aromatic carbocycles. The van der Waals surface area contributed by atoms with Crippen LogP contribution in [-0.4, -0.2) is 22.1 Å². The van der Waals surface area contributed by atoms with Gasteiger partial charge in [0.05, 0.1) is 19.9 Å².